The Morgan fingerprint density at radius 1 is 1.35 bits per heavy atom. The maximum atomic E-state index is 10.6. The van der Waals surface area contributed by atoms with Gasteiger partial charge in [0.1, 0.15) is 5.69 Å². The Kier molecular flexibility index (Phi) is 3.05. The van der Waals surface area contributed by atoms with Gasteiger partial charge in [-0.25, -0.2) is 4.79 Å². The molecule has 0 saturated carbocycles. The molecule has 4 heteroatoms. The SMILES string of the molecule is C/C(=C/c1ccccc1)c1cc(C(=O)O)on1. The zero-order valence-electron chi connectivity index (χ0n) is 9.25. The van der Waals surface area contributed by atoms with E-state index in [1.807, 2.05) is 43.3 Å². The second kappa shape index (κ2) is 4.65. The van der Waals surface area contributed by atoms with Crippen molar-refractivity contribution in [1.29, 1.82) is 0 Å². The summed E-state index contributed by atoms with van der Waals surface area (Å²) in [5.74, 6) is -1.27. The molecule has 0 spiro atoms. The smallest absolute Gasteiger partial charge is 0.374 e. The van der Waals surface area contributed by atoms with Gasteiger partial charge in [0.05, 0.1) is 0 Å². The molecular weight excluding hydrogens is 218 g/mol. The number of benzene rings is 1. The van der Waals surface area contributed by atoms with E-state index in [0.29, 0.717) is 5.69 Å². The van der Waals surface area contributed by atoms with Crippen molar-refractivity contribution in [2.45, 2.75) is 6.92 Å². The average Bonchev–Trinajstić information content (AvgIpc) is 2.79. The van der Waals surface area contributed by atoms with E-state index in [-0.39, 0.29) is 5.76 Å². The Labute approximate surface area is 98.2 Å². The first-order chi connectivity index (χ1) is 8.16. The lowest BCUT2D eigenvalue weighted by Gasteiger charge is -1.95. The van der Waals surface area contributed by atoms with Crippen LogP contribution in [0.2, 0.25) is 0 Å². The van der Waals surface area contributed by atoms with E-state index in [9.17, 15) is 4.79 Å². The van der Waals surface area contributed by atoms with Gasteiger partial charge in [0.15, 0.2) is 0 Å². The maximum Gasteiger partial charge on any atom is 0.374 e. The first-order valence-electron chi connectivity index (χ1n) is 5.10. The second-order valence-corrected chi connectivity index (χ2v) is 3.62. The number of aromatic nitrogens is 1. The number of allylic oxidation sites excluding steroid dienone is 1. The van der Waals surface area contributed by atoms with Gasteiger partial charge in [0.2, 0.25) is 5.76 Å². The van der Waals surface area contributed by atoms with Crippen LogP contribution in [-0.2, 0) is 0 Å². The summed E-state index contributed by atoms with van der Waals surface area (Å²) in [6, 6.07) is 11.1. The van der Waals surface area contributed by atoms with Crippen LogP contribution in [0, 0.1) is 0 Å². The van der Waals surface area contributed by atoms with E-state index in [2.05, 4.69) is 5.16 Å². The van der Waals surface area contributed by atoms with E-state index in [4.69, 9.17) is 9.63 Å². The molecule has 2 rings (SSSR count). The zero-order chi connectivity index (χ0) is 12.3. The predicted octanol–water partition coefficient (Wildman–Crippen LogP) is 2.93. The molecule has 0 bridgehead atoms. The van der Waals surface area contributed by atoms with Crippen molar-refractivity contribution in [3.8, 4) is 0 Å². The molecule has 0 aliphatic heterocycles. The monoisotopic (exact) mass is 229 g/mol. The van der Waals surface area contributed by atoms with Crippen molar-refractivity contribution in [2.75, 3.05) is 0 Å². The number of aromatic carboxylic acids is 1. The molecule has 0 fully saturated rings. The van der Waals surface area contributed by atoms with E-state index < -0.39 is 5.97 Å². The van der Waals surface area contributed by atoms with Crippen LogP contribution in [0.15, 0.2) is 40.9 Å². The highest BCUT2D eigenvalue weighted by Crippen LogP contribution is 2.17. The quantitative estimate of drug-likeness (QED) is 0.878. The maximum absolute atomic E-state index is 10.6. The standard InChI is InChI=1S/C13H11NO3/c1-9(7-10-5-3-2-4-6-10)11-8-12(13(15)16)17-14-11/h2-8H,1H3,(H,15,16)/b9-7-. The van der Waals surface area contributed by atoms with Crippen molar-refractivity contribution in [3.63, 3.8) is 0 Å². The summed E-state index contributed by atoms with van der Waals surface area (Å²) in [6.07, 6.45) is 1.92. The van der Waals surface area contributed by atoms with Crippen molar-refractivity contribution in [3.05, 3.63) is 53.4 Å². The van der Waals surface area contributed by atoms with Crippen molar-refractivity contribution < 1.29 is 14.4 Å². The van der Waals surface area contributed by atoms with Crippen LogP contribution in [-0.4, -0.2) is 16.2 Å². The number of nitrogens with zero attached hydrogens (tertiary/aromatic N) is 1. The van der Waals surface area contributed by atoms with Crippen LogP contribution >= 0.6 is 0 Å². The Balaban J connectivity index is 2.27. The van der Waals surface area contributed by atoms with E-state index in [1.54, 1.807) is 0 Å². The molecule has 0 saturated heterocycles. The molecule has 86 valence electrons. The van der Waals surface area contributed by atoms with Crippen LogP contribution in [0.25, 0.3) is 11.6 Å². The first kappa shape index (κ1) is 11.1. The van der Waals surface area contributed by atoms with E-state index in [0.717, 1.165) is 11.1 Å². The fraction of sp³-hybridized carbons (Fsp3) is 0.0769. The Morgan fingerprint density at radius 3 is 2.65 bits per heavy atom. The van der Waals surface area contributed by atoms with Crippen LogP contribution in [0.4, 0.5) is 0 Å². The molecule has 1 heterocycles. The van der Waals surface area contributed by atoms with Gasteiger partial charge in [-0.2, -0.15) is 0 Å². The van der Waals surface area contributed by atoms with Gasteiger partial charge >= 0.3 is 5.97 Å². The number of carboxylic acids is 1. The topological polar surface area (TPSA) is 63.3 Å². The van der Waals surface area contributed by atoms with Crippen LogP contribution in [0.1, 0.15) is 28.7 Å². The van der Waals surface area contributed by atoms with Crippen LogP contribution in [0.5, 0.6) is 0 Å². The molecule has 0 radical (unpaired) electrons. The average molecular weight is 229 g/mol. The van der Waals surface area contributed by atoms with E-state index in [1.165, 1.54) is 6.07 Å². The molecule has 1 aromatic carbocycles. The molecule has 17 heavy (non-hydrogen) atoms. The highest BCUT2D eigenvalue weighted by molar-refractivity contribution is 5.86. The summed E-state index contributed by atoms with van der Waals surface area (Å²) in [5.41, 5.74) is 2.42. The summed E-state index contributed by atoms with van der Waals surface area (Å²) >= 11 is 0. The van der Waals surface area contributed by atoms with Crippen LogP contribution < -0.4 is 0 Å². The summed E-state index contributed by atoms with van der Waals surface area (Å²) < 4.78 is 4.69. The second-order valence-electron chi connectivity index (χ2n) is 3.62. The van der Waals surface area contributed by atoms with Gasteiger partial charge in [0, 0.05) is 6.07 Å². The third kappa shape index (κ3) is 2.60. The van der Waals surface area contributed by atoms with E-state index >= 15 is 0 Å². The minimum absolute atomic E-state index is 0.152. The number of carboxylic acid groups (broad SMARTS) is 1. The van der Waals surface area contributed by atoms with Crippen molar-refractivity contribution in [1.82, 2.24) is 5.16 Å². The van der Waals surface area contributed by atoms with Crippen LogP contribution in [0.3, 0.4) is 0 Å². The van der Waals surface area contributed by atoms with Crippen molar-refractivity contribution in [2.24, 2.45) is 0 Å². The first-order valence-corrected chi connectivity index (χ1v) is 5.10. The van der Waals surface area contributed by atoms with Gasteiger partial charge in [-0.3, -0.25) is 0 Å². The van der Waals surface area contributed by atoms with Crippen molar-refractivity contribution >= 4 is 17.6 Å². The number of rotatable bonds is 3. The molecule has 0 amide bonds. The zero-order valence-corrected chi connectivity index (χ0v) is 9.25. The normalized spacial score (nSPS) is 11.5. The lowest BCUT2D eigenvalue weighted by molar-refractivity contribution is 0.0652. The molecule has 2 aromatic rings. The highest BCUT2D eigenvalue weighted by atomic mass is 16.5. The van der Waals surface area contributed by atoms with Gasteiger partial charge in [-0.05, 0) is 24.1 Å². The lowest BCUT2D eigenvalue weighted by atomic mass is 10.1. The van der Waals surface area contributed by atoms with Gasteiger partial charge < -0.3 is 9.63 Å². The minimum Gasteiger partial charge on any atom is -0.475 e. The highest BCUT2D eigenvalue weighted by Gasteiger charge is 2.11. The fourth-order valence-corrected chi connectivity index (χ4v) is 1.44. The third-order valence-electron chi connectivity index (χ3n) is 2.31. The molecule has 1 aromatic heterocycles. The summed E-state index contributed by atoms with van der Waals surface area (Å²) in [5, 5.41) is 12.4. The Morgan fingerprint density at radius 2 is 2.06 bits per heavy atom. The fourth-order valence-electron chi connectivity index (χ4n) is 1.44. The minimum atomic E-state index is -1.11. The summed E-state index contributed by atoms with van der Waals surface area (Å²) in [6.45, 7) is 1.86. The number of carbonyl (C=O) groups is 1. The predicted molar refractivity (Wildman–Crippen MR) is 63.4 cm³/mol. The summed E-state index contributed by atoms with van der Waals surface area (Å²) in [4.78, 5) is 10.6. The third-order valence-corrected chi connectivity index (χ3v) is 2.31. The Bertz CT molecular complexity index is 555. The van der Waals surface area contributed by atoms with Gasteiger partial charge in [-0.15, -0.1) is 0 Å². The molecule has 0 unspecified atom stereocenters. The number of hydrogen-bond acceptors (Lipinski definition) is 3. The lowest BCUT2D eigenvalue weighted by Crippen LogP contribution is -1.91. The largest absolute Gasteiger partial charge is 0.475 e. The Hall–Kier alpha value is -2.36. The molecule has 4 nitrogen and oxygen atoms in total. The van der Waals surface area contributed by atoms with Gasteiger partial charge in [-0.1, -0.05) is 35.5 Å². The van der Waals surface area contributed by atoms with Gasteiger partial charge in [0.25, 0.3) is 0 Å². The number of hydrogen-bond donors (Lipinski definition) is 1. The molecule has 0 aliphatic rings. The molecule has 1 N–H and O–H groups in total. The summed E-state index contributed by atoms with van der Waals surface area (Å²) in [7, 11) is 0. The molecule has 0 atom stereocenters. The molecule has 0 aliphatic carbocycles. The molecular formula is C13H11NO3.